The number of rotatable bonds is 8. The van der Waals surface area contributed by atoms with Gasteiger partial charge >= 0.3 is 6.36 Å². The van der Waals surface area contributed by atoms with Crippen molar-refractivity contribution in [1.82, 2.24) is 4.90 Å². The van der Waals surface area contributed by atoms with Crippen molar-refractivity contribution in [2.24, 2.45) is 0 Å². The average molecular weight is 423 g/mol. The van der Waals surface area contributed by atoms with E-state index in [-0.39, 0.29) is 30.7 Å². The highest BCUT2D eigenvalue weighted by molar-refractivity contribution is 5.95. The third-order valence-electron chi connectivity index (χ3n) is 4.06. The minimum atomic E-state index is -4.77. The Bertz CT molecular complexity index is 868. The SMILES string of the molecule is CC(C)c1ccccc1NC(=O)CN(C)CC(=O)Nc1ccc(OC(F)(F)F)cc1. The molecular formula is C21H24F3N3O3. The number of amides is 2. The molecule has 0 aliphatic rings. The van der Waals surface area contributed by atoms with E-state index >= 15 is 0 Å². The van der Waals surface area contributed by atoms with Crippen LogP contribution in [-0.4, -0.2) is 43.2 Å². The lowest BCUT2D eigenvalue weighted by Gasteiger charge is -2.18. The number of carbonyl (C=O) groups excluding carboxylic acids is 2. The van der Waals surface area contributed by atoms with Gasteiger partial charge in [-0.2, -0.15) is 0 Å². The van der Waals surface area contributed by atoms with E-state index in [0.29, 0.717) is 5.69 Å². The van der Waals surface area contributed by atoms with Crippen molar-refractivity contribution in [2.75, 3.05) is 30.8 Å². The van der Waals surface area contributed by atoms with Gasteiger partial charge in [0.25, 0.3) is 0 Å². The van der Waals surface area contributed by atoms with Gasteiger partial charge in [0.15, 0.2) is 0 Å². The molecule has 6 nitrogen and oxygen atoms in total. The van der Waals surface area contributed by atoms with Gasteiger partial charge < -0.3 is 15.4 Å². The van der Waals surface area contributed by atoms with Crippen molar-refractivity contribution in [1.29, 1.82) is 0 Å². The van der Waals surface area contributed by atoms with E-state index in [2.05, 4.69) is 15.4 Å². The Kier molecular flexibility index (Phi) is 7.82. The first kappa shape index (κ1) is 23.2. The van der Waals surface area contributed by atoms with Gasteiger partial charge in [0.05, 0.1) is 13.1 Å². The van der Waals surface area contributed by atoms with Crippen LogP contribution in [0.4, 0.5) is 24.5 Å². The standard InChI is InChI=1S/C21H24F3N3O3/c1-14(2)17-6-4-5-7-18(17)26-20(29)13-27(3)12-19(28)25-15-8-10-16(11-9-15)30-21(22,23)24/h4-11,14H,12-13H2,1-3H3,(H,25,28)(H,26,29). The number of anilines is 2. The van der Waals surface area contributed by atoms with E-state index in [4.69, 9.17) is 0 Å². The molecule has 0 saturated carbocycles. The Morgan fingerprint density at radius 3 is 2.10 bits per heavy atom. The number of hydrogen-bond donors (Lipinski definition) is 2. The molecular weight excluding hydrogens is 399 g/mol. The van der Waals surface area contributed by atoms with Gasteiger partial charge in [-0.1, -0.05) is 32.0 Å². The number of halogens is 3. The number of nitrogens with zero attached hydrogens (tertiary/aromatic N) is 1. The summed E-state index contributed by atoms with van der Waals surface area (Å²) in [5, 5.41) is 5.41. The molecule has 0 heterocycles. The lowest BCUT2D eigenvalue weighted by Crippen LogP contribution is -2.36. The van der Waals surface area contributed by atoms with Crippen LogP contribution in [0.3, 0.4) is 0 Å². The summed E-state index contributed by atoms with van der Waals surface area (Å²) in [5.41, 5.74) is 2.07. The second-order valence-corrected chi connectivity index (χ2v) is 7.08. The summed E-state index contributed by atoms with van der Waals surface area (Å²) in [6.07, 6.45) is -4.77. The second kappa shape index (κ2) is 10.1. The molecule has 2 amide bonds. The topological polar surface area (TPSA) is 70.7 Å². The maximum absolute atomic E-state index is 12.3. The fourth-order valence-corrected chi connectivity index (χ4v) is 2.79. The van der Waals surface area contributed by atoms with Crippen LogP contribution in [-0.2, 0) is 9.59 Å². The molecule has 0 saturated heterocycles. The van der Waals surface area contributed by atoms with Crippen molar-refractivity contribution < 1.29 is 27.5 Å². The molecule has 0 fully saturated rings. The molecule has 0 spiro atoms. The summed E-state index contributed by atoms with van der Waals surface area (Å²) in [6, 6.07) is 12.3. The van der Waals surface area contributed by atoms with Gasteiger partial charge in [0.2, 0.25) is 11.8 Å². The van der Waals surface area contributed by atoms with Gasteiger partial charge in [-0.25, -0.2) is 0 Å². The zero-order chi connectivity index (χ0) is 22.3. The monoisotopic (exact) mass is 423 g/mol. The largest absolute Gasteiger partial charge is 0.573 e. The number of ether oxygens (including phenoxy) is 1. The molecule has 30 heavy (non-hydrogen) atoms. The van der Waals surface area contributed by atoms with Crippen molar-refractivity contribution in [2.45, 2.75) is 26.1 Å². The Morgan fingerprint density at radius 1 is 0.967 bits per heavy atom. The van der Waals surface area contributed by atoms with Gasteiger partial charge in [-0.05, 0) is 48.9 Å². The summed E-state index contributed by atoms with van der Waals surface area (Å²) in [6.45, 7) is 3.99. The third-order valence-corrected chi connectivity index (χ3v) is 4.06. The lowest BCUT2D eigenvalue weighted by atomic mass is 10.0. The number of hydrogen-bond acceptors (Lipinski definition) is 4. The fourth-order valence-electron chi connectivity index (χ4n) is 2.79. The van der Waals surface area contributed by atoms with E-state index in [1.54, 1.807) is 7.05 Å². The molecule has 0 radical (unpaired) electrons. The molecule has 0 aliphatic carbocycles. The Hall–Kier alpha value is -3.07. The molecule has 2 aromatic carbocycles. The quantitative estimate of drug-likeness (QED) is 0.667. The number of benzene rings is 2. The number of para-hydroxylation sites is 1. The Labute approximate surface area is 173 Å². The lowest BCUT2D eigenvalue weighted by molar-refractivity contribution is -0.274. The Balaban J connectivity index is 1.84. The van der Waals surface area contributed by atoms with Crippen LogP contribution >= 0.6 is 0 Å². The average Bonchev–Trinajstić information content (AvgIpc) is 2.62. The van der Waals surface area contributed by atoms with Crippen LogP contribution in [0.15, 0.2) is 48.5 Å². The van der Waals surface area contributed by atoms with Crippen LogP contribution in [0.25, 0.3) is 0 Å². The van der Waals surface area contributed by atoms with Gasteiger partial charge in [0, 0.05) is 11.4 Å². The first-order valence-electron chi connectivity index (χ1n) is 9.26. The zero-order valence-corrected chi connectivity index (χ0v) is 16.9. The third kappa shape index (κ3) is 7.75. The van der Waals surface area contributed by atoms with Gasteiger partial charge in [0.1, 0.15) is 5.75 Å². The number of alkyl halides is 3. The minimum Gasteiger partial charge on any atom is -0.406 e. The van der Waals surface area contributed by atoms with E-state index in [1.807, 2.05) is 38.1 Å². The number of nitrogens with one attached hydrogen (secondary N) is 2. The van der Waals surface area contributed by atoms with Crippen LogP contribution in [0.5, 0.6) is 5.75 Å². The smallest absolute Gasteiger partial charge is 0.406 e. The van der Waals surface area contributed by atoms with Crippen LogP contribution in [0.1, 0.15) is 25.3 Å². The minimum absolute atomic E-state index is 0.00178. The van der Waals surface area contributed by atoms with Crippen molar-refractivity contribution >= 4 is 23.2 Å². The highest BCUT2D eigenvalue weighted by Gasteiger charge is 2.31. The second-order valence-electron chi connectivity index (χ2n) is 7.08. The van der Waals surface area contributed by atoms with Crippen LogP contribution in [0.2, 0.25) is 0 Å². The van der Waals surface area contributed by atoms with Gasteiger partial charge in [-0.3, -0.25) is 14.5 Å². The summed E-state index contributed by atoms with van der Waals surface area (Å²) < 4.78 is 40.3. The summed E-state index contributed by atoms with van der Waals surface area (Å²) >= 11 is 0. The maximum atomic E-state index is 12.3. The summed E-state index contributed by atoms with van der Waals surface area (Å²) in [7, 11) is 1.62. The summed E-state index contributed by atoms with van der Waals surface area (Å²) in [5.74, 6) is -0.793. The normalized spacial score (nSPS) is 11.5. The van der Waals surface area contributed by atoms with Gasteiger partial charge in [-0.15, -0.1) is 13.2 Å². The van der Waals surface area contributed by atoms with Crippen LogP contribution in [0, 0.1) is 0 Å². The highest BCUT2D eigenvalue weighted by atomic mass is 19.4. The molecule has 2 aromatic rings. The van der Waals surface area contributed by atoms with Crippen molar-refractivity contribution in [3.8, 4) is 5.75 Å². The Morgan fingerprint density at radius 2 is 1.53 bits per heavy atom. The predicted octanol–water partition coefficient (Wildman–Crippen LogP) is 4.22. The molecule has 2 N–H and O–H groups in total. The molecule has 0 atom stereocenters. The van der Waals surface area contributed by atoms with Crippen LogP contribution < -0.4 is 15.4 Å². The maximum Gasteiger partial charge on any atom is 0.573 e. The molecule has 2 rings (SSSR count). The molecule has 0 unspecified atom stereocenters. The first-order chi connectivity index (χ1) is 14.0. The zero-order valence-electron chi connectivity index (χ0n) is 16.9. The molecule has 162 valence electrons. The first-order valence-corrected chi connectivity index (χ1v) is 9.26. The number of likely N-dealkylation sites (N-methyl/N-ethyl adjacent to an activating group) is 1. The fraction of sp³-hybridized carbons (Fsp3) is 0.333. The molecule has 9 heteroatoms. The van der Waals surface area contributed by atoms with E-state index in [0.717, 1.165) is 23.4 Å². The molecule has 0 aromatic heterocycles. The van der Waals surface area contributed by atoms with E-state index in [9.17, 15) is 22.8 Å². The number of carbonyl (C=O) groups is 2. The summed E-state index contributed by atoms with van der Waals surface area (Å²) in [4.78, 5) is 26.0. The van der Waals surface area contributed by atoms with Crippen molar-refractivity contribution in [3.63, 3.8) is 0 Å². The van der Waals surface area contributed by atoms with Crippen molar-refractivity contribution in [3.05, 3.63) is 54.1 Å². The highest BCUT2D eigenvalue weighted by Crippen LogP contribution is 2.24. The molecule has 0 bridgehead atoms. The molecule has 0 aliphatic heterocycles. The predicted molar refractivity (Wildman–Crippen MR) is 108 cm³/mol. The van der Waals surface area contributed by atoms with E-state index in [1.165, 1.54) is 17.0 Å². The van der Waals surface area contributed by atoms with E-state index < -0.39 is 12.3 Å².